The third-order valence-electron chi connectivity index (χ3n) is 10.8. The van der Waals surface area contributed by atoms with E-state index in [-0.39, 0.29) is 0 Å². The lowest BCUT2D eigenvalue weighted by Gasteiger charge is -2.27. The van der Waals surface area contributed by atoms with E-state index in [1.165, 1.54) is 76.8 Å². The van der Waals surface area contributed by atoms with E-state index in [1.807, 2.05) is 0 Å². The van der Waals surface area contributed by atoms with Gasteiger partial charge in [-0.15, -0.1) is 0 Å². The second-order valence-electron chi connectivity index (χ2n) is 14.2. The summed E-state index contributed by atoms with van der Waals surface area (Å²) in [5.74, 6) is 0. The van der Waals surface area contributed by atoms with Crippen LogP contribution in [-0.2, 0) is 0 Å². The summed E-state index contributed by atoms with van der Waals surface area (Å²) >= 11 is 0. The fraction of sp³-hybridized carbons (Fsp3) is 0. The van der Waals surface area contributed by atoms with Crippen molar-refractivity contribution >= 4 is 49.4 Å². The average Bonchev–Trinajstić information content (AvgIpc) is 3.27. The van der Waals surface area contributed by atoms with Crippen molar-refractivity contribution in [2.45, 2.75) is 0 Å². The Balaban J connectivity index is 1.06. The fourth-order valence-electron chi connectivity index (χ4n) is 8.01. The molecule has 0 unspecified atom stereocenters. The molecular weight excluding hydrogens is 663 g/mol. The number of fused-ring (bicyclic) bond motifs is 5. The van der Waals surface area contributed by atoms with E-state index in [4.69, 9.17) is 0 Å². The highest BCUT2D eigenvalue weighted by atomic mass is 15.1. The minimum atomic E-state index is 1.10. The molecule has 10 rings (SSSR count). The van der Waals surface area contributed by atoms with Gasteiger partial charge in [0, 0.05) is 17.1 Å². The molecule has 10 aromatic rings. The van der Waals surface area contributed by atoms with Gasteiger partial charge < -0.3 is 4.90 Å². The van der Waals surface area contributed by atoms with Crippen molar-refractivity contribution in [3.8, 4) is 44.5 Å². The average molecular weight is 700 g/mol. The first-order valence-electron chi connectivity index (χ1n) is 18.9. The van der Waals surface area contributed by atoms with Crippen LogP contribution >= 0.6 is 0 Å². The van der Waals surface area contributed by atoms with E-state index in [1.54, 1.807) is 0 Å². The maximum absolute atomic E-state index is 2.39. The monoisotopic (exact) mass is 699 g/mol. The zero-order valence-electron chi connectivity index (χ0n) is 30.3. The van der Waals surface area contributed by atoms with Crippen LogP contribution in [0.1, 0.15) is 0 Å². The lowest BCUT2D eigenvalue weighted by Crippen LogP contribution is -2.10. The molecule has 0 aliphatic carbocycles. The molecule has 10 aromatic carbocycles. The van der Waals surface area contributed by atoms with Gasteiger partial charge in [0.05, 0.1) is 0 Å². The molecule has 0 saturated heterocycles. The molecule has 0 aromatic heterocycles. The Kier molecular flexibility index (Phi) is 8.24. The maximum Gasteiger partial charge on any atom is 0.0468 e. The van der Waals surface area contributed by atoms with Crippen molar-refractivity contribution in [3.63, 3.8) is 0 Å². The molecule has 258 valence electrons. The molecule has 0 aliphatic rings. The molecule has 0 aliphatic heterocycles. The van der Waals surface area contributed by atoms with Crippen LogP contribution in [0.15, 0.2) is 224 Å². The summed E-state index contributed by atoms with van der Waals surface area (Å²) in [6.45, 7) is 0. The molecule has 1 nitrogen and oxygen atoms in total. The number of anilines is 3. The van der Waals surface area contributed by atoms with Crippen LogP contribution in [0.3, 0.4) is 0 Å². The fourth-order valence-corrected chi connectivity index (χ4v) is 8.01. The first-order chi connectivity index (χ1) is 27.2. The molecule has 0 spiro atoms. The van der Waals surface area contributed by atoms with Crippen LogP contribution < -0.4 is 4.90 Å². The summed E-state index contributed by atoms with van der Waals surface area (Å²) in [5.41, 5.74) is 13.0. The van der Waals surface area contributed by atoms with Crippen LogP contribution in [0.4, 0.5) is 17.1 Å². The lowest BCUT2D eigenvalue weighted by atomic mass is 9.96. The SMILES string of the molecule is c1ccc(-c2ccc(-c3ccc(N(c4cccc(-c5ccc(-c6ccccc6)cc5)c4)c4ccc5c(ccc6ccc7ccccc7c65)c4)cc3)cc2)cc1. The van der Waals surface area contributed by atoms with E-state index in [9.17, 15) is 0 Å². The normalized spacial score (nSPS) is 11.3. The molecule has 0 atom stereocenters. The van der Waals surface area contributed by atoms with Gasteiger partial charge in [0.15, 0.2) is 0 Å². The maximum atomic E-state index is 2.39. The highest BCUT2D eigenvalue weighted by molar-refractivity contribution is 6.20. The first kappa shape index (κ1) is 32.4. The Hall–Kier alpha value is -7.22. The Bertz CT molecular complexity index is 2930. The molecule has 0 N–H and O–H groups in total. The molecule has 55 heavy (non-hydrogen) atoms. The summed E-state index contributed by atoms with van der Waals surface area (Å²) in [7, 11) is 0. The topological polar surface area (TPSA) is 3.24 Å². The van der Waals surface area contributed by atoms with Gasteiger partial charge in [-0.2, -0.15) is 0 Å². The number of hydrogen-bond acceptors (Lipinski definition) is 1. The van der Waals surface area contributed by atoms with Gasteiger partial charge >= 0.3 is 0 Å². The van der Waals surface area contributed by atoms with Gasteiger partial charge in [0.25, 0.3) is 0 Å². The van der Waals surface area contributed by atoms with Crippen LogP contribution in [0, 0.1) is 0 Å². The third kappa shape index (κ3) is 6.22. The van der Waals surface area contributed by atoms with Crippen molar-refractivity contribution in [3.05, 3.63) is 224 Å². The Morgan fingerprint density at radius 1 is 0.218 bits per heavy atom. The van der Waals surface area contributed by atoms with Crippen molar-refractivity contribution in [2.24, 2.45) is 0 Å². The minimum absolute atomic E-state index is 1.10. The number of benzene rings is 10. The van der Waals surface area contributed by atoms with Crippen LogP contribution in [0.2, 0.25) is 0 Å². The second-order valence-corrected chi connectivity index (χ2v) is 14.2. The predicted molar refractivity (Wildman–Crippen MR) is 235 cm³/mol. The highest BCUT2D eigenvalue weighted by Gasteiger charge is 2.16. The zero-order valence-corrected chi connectivity index (χ0v) is 30.3. The molecule has 0 bridgehead atoms. The Morgan fingerprint density at radius 2 is 0.636 bits per heavy atom. The zero-order chi connectivity index (χ0) is 36.6. The minimum Gasteiger partial charge on any atom is -0.310 e. The van der Waals surface area contributed by atoms with Gasteiger partial charge in [-0.1, -0.05) is 188 Å². The van der Waals surface area contributed by atoms with Gasteiger partial charge in [-0.3, -0.25) is 0 Å². The molecule has 0 heterocycles. The number of rotatable bonds is 7. The van der Waals surface area contributed by atoms with E-state index in [0.717, 1.165) is 17.1 Å². The van der Waals surface area contributed by atoms with Gasteiger partial charge in [-0.05, 0) is 113 Å². The molecule has 0 saturated carbocycles. The van der Waals surface area contributed by atoms with Crippen LogP contribution in [0.25, 0.3) is 76.8 Å². The smallest absolute Gasteiger partial charge is 0.0468 e. The molecule has 0 radical (unpaired) electrons. The molecular formula is C54H37N. The summed E-state index contributed by atoms with van der Waals surface area (Å²) in [4.78, 5) is 2.39. The van der Waals surface area contributed by atoms with E-state index in [0.29, 0.717) is 0 Å². The highest BCUT2D eigenvalue weighted by Crippen LogP contribution is 2.41. The summed E-state index contributed by atoms with van der Waals surface area (Å²) in [6, 6.07) is 81.4. The van der Waals surface area contributed by atoms with Gasteiger partial charge in [-0.25, -0.2) is 0 Å². The van der Waals surface area contributed by atoms with Crippen molar-refractivity contribution in [2.75, 3.05) is 4.90 Å². The van der Waals surface area contributed by atoms with Crippen LogP contribution in [0.5, 0.6) is 0 Å². The Labute approximate surface area is 322 Å². The lowest BCUT2D eigenvalue weighted by molar-refractivity contribution is 1.29. The van der Waals surface area contributed by atoms with E-state index >= 15 is 0 Å². The number of hydrogen-bond donors (Lipinski definition) is 0. The Morgan fingerprint density at radius 3 is 1.25 bits per heavy atom. The van der Waals surface area contributed by atoms with E-state index in [2.05, 4.69) is 229 Å². The number of nitrogens with zero attached hydrogens (tertiary/aromatic N) is 1. The largest absolute Gasteiger partial charge is 0.310 e. The molecule has 1 heteroatoms. The summed E-state index contributed by atoms with van der Waals surface area (Å²) < 4.78 is 0. The molecule has 0 fully saturated rings. The molecule has 0 amide bonds. The summed E-state index contributed by atoms with van der Waals surface area (Å²) in [6.07, 6.45) is 0. The second kappa shape index (κ2) is 14.0. The van der Waals surface area contributed by atoms with Crippen molar-refractivity contribution in [1.82, 2.24) is 0 Å². The van der Waals surface area contributed by atoms with Gasteiger partial charge in [0.1, 0.15) is 0 Å². The first-order valence-corrected chi connectivity index (χ1v) is 18.9. The van der Waals surface area contributed by atoms with Crippen molar-refractivity contribution in [1.29, 1.82) is 0 Å². The predicted octanol–water partition coefficient (Wildman–Crippen LogP) is 15.3. The van der Waals surface area contributed by atoms with Gasteiger partial charge in [0.2, 0.25) is 0 Å². The summed E-state index contributed by atoms with van der Waals surface area (Å²) in [5, 5.41) is 7.59. The van der Waals surface area contributed by atoms with Crippen molar-refractivity contribution < 1.29 is 0 Å². The third-order valence-corrected chi connectivity index (χ3v) is 10.8. The van der Waals surface area contributed by atoms with Crippen LogP contribution in [-0.4, -0.2) is 0 Å². The van der Waals surface area contributed by atoms with E-state index < -0.39 is 0 Å². The quantitative estimate of drug-likeness (QED) is 0.150. The standard InChI is InChI=1S/C54H37N/c1-3-10-38(11-4-1)40-18-20-42(21-19-40)43-30-32-49(33-31-43)55(50-16-9-15-47(36-50)44-24-22-41(23-25-44)39-12-5-2-6-13-39)51-34-35-53-48(37-51)29-28-46-27-26-45-14-7-8-17-52(45)54(46)53/h1-37H.